The number of sulfonamides is 1. The van der Waals surface area contributed by atoms with Gasteiger partial charge in [-0.2, -0.15) is 0 Å². The third-order valence-electron chi connectivity index (χ3n) is 5.41. The smallest absolute Gasteiger partial charge is 0.255 e. The summed E-state index contributed by atoms with van der Waals surface area (Å²) in [7, 11) is -2.08. The number of rotatable bonds is 7. The Bertz CT molecular complexity index is 1300. The normalized spacial score (nSPS) is 11.2. The van der Waals surface area contributed by atoms with Gasteiger partial charge in [0.05, 0.1) is 11.9 Å². The molecule has 3 rings (SSSR count). The van der Waals surface area contributed by atoms with Gasteiger partial charge in [0.2, 0.25) is 10.0 Å². The number of anilines is 2. The van der Waals surface area contributed by atoms with Crippen LogP contribution in [0.5, 0.6) is 11.5 Å². The number of phenolic OH excluding ortho intramolecular Hbond substituents is 1. The Kier molecular flexibility index (Phi) is 6.98. The average Bonchev–Trinajstić information content (AvgIpc) is 2.75. The number of nitrogens with one attached hydrogen (secondary N) is 1. The fourth-order valence-electron chi connectivity index (χ4n) is 3.21. The van der Waals surface area contributed by atoms with Crippen molar-refractivity contribution in [2.75, 3.05) is 22.9 Å². The maximum absolute atomic E-state index is 12.7. The van der Waals surface area contributed by atoms with Crippen LogP contribution in [0.25, 0.3) is 0 Å². The van der Waals surface area contributed by atoms with Gasteiger partial charge in [-0.05, 0) is 61.7 Å². The van der Waals surface area contributed by atoms with E-state index < -0.39 is 15.9 Å². The molecule has 0 bridgehead atoms. The number of aryl methyl sites for hydroxylation is 3. The van der Waals surface area contributed by atoms with Crippen LogP contribution >= 0.6 is 0 Å². The molecular formula is C25H28N2O5S. The number of hydrogen-bond acceptors (Lipinski definition) is 5. The number of carbonyl (C=O) groups excluding carboxylic acids is 1. The van der Waals surface area contributed by atoms with E-state index >= 15 is 0 Å². The lowest BCUT2D eigenvalue weighted by atomic mass is 10.1. The van der Waals surface area contributed by atoms with E-state index in [4.69, 9.17) is 4.74 Å². The number of hydrogen-bond donors (Lipinski definition) is 2. The Labute approximate surface area is 194 Å². The topological polar surface area (TPSA) is 95.9 Å². The predicted octanol–water partition coefficient (Wildman–Crippen LogP) is 4.54. The monoisotopic (exact) mass is 468 g/mol. The van der Waals surface area contributed by atoms with Crippen LogP contribution in [-0.4, -0.2) is 32.7 Å². The Hall–Kier alpha value is -3.52. The molecule has 0 saturated heterocycles. The van der Waals surface area contributed by atoms with Crippen molar-refractivity contribution in [1.29, 1.82) is 0 Å². The molecule has 0 aliphatic heterocycles. The Morgan fingerprint density at radius 1 is 1.00 bits per heavy atom. The highest BCUT2D eigenvalue weighted by molar-refractivity contribution is 7.92. The highest BCUT2D eigenvalue weighted by Crippen LogP contribution is 2.33. The quantitative estimate of drug-likeness (QED) is 0.531. The van der Waals surface area contributed by atoms with Gasteiger partial charge < -0.3 is 15.2 Å². The zero-order chi connectivity index (χ0) is 24.3. The summed E-state index contributed by atoms with van der Waals surface area (Å²) in [6.45, 7) is 5.95. The Morgan fingerprint density at radius 2 is 1.70 bits per heavy atom. The molecule has 8 heteroatoms. The molecule has 174 valence electrons. The van der Waals surface area contributed by atoms with Crippen molar-refractivity contribution in [3.05, 3.63) is 82.4 Å². The molecule has 0 aliphatic carbocycles. The molecule has 3 aromatic rings. The third-order valence-corrected chi connectivity index (χ3v) is 6.61. The molecule has 0 radical (unpaired) electrons. The molecule has 0 heterocycles. The highest BCUT2D eigenvalue weighted by Gasteiger charge is 2.19. The van der Waals surface area contributed by atoms with Gasteiger partial charge >= 0.3 is 0 Å². The van der Waals surface area contributed by atoms with Crippen LogP contribution in [0.1, 0.15) is 32.6 Å². The Morgan fingerprint density at radius 3 is 2.36 bits per heavy atom. The first-order valence-electron chi connectivity index (χ1n) is 10.3. The van der Waals surface area contributed by atoms with E-state index in [0.717, 1.165) is 27.3 Å². The second-order valence-corrected chi connectivity index (χ2v) is 10.1. The first-order valence-corrected chi connectivity index (χ1v) is 12.2. The zero-order valence-electron chi connectivity index (χ0n) is 19.3. The second kappa shape index (κ2) is 9.54. The largest absolute Gasteiger partial charge is 0.508 e. The van der Waals surface area contributed by atoms with Gasteiger partial charge in [-0.15, -0.1) is 0 Å². The lowest BCUT2D eigenvalue weighted by Crippen LogP contribution is -2.25. The predicted molar refractivity (Wildman–Crippen MR) is 131 cm³/mol. The molecule has 2 N–H and O–H groups in total. The minimum atomic E-state index is -3.53. The molecule has 0 unspecified atom stereocenters. The molecule has 0 aromatic heterocycles. The molecule has 3 aromatic carbocycles. The molecule has 1 amide bonds. The van der Waals surface area contributed by atoms with E-state index in [0.29, 0.717) is 28.3 Å². The van der Waals surface area contributed by atoms with Crippen molar-refractivity contribution in [3.8, 4) is 11.5 Å². The van der Waals surface area contributed by atoms with E-state index in [1.807, 2.05) is 32.0 Å². The minimum absolute atomic E-state index is 0.0327. The number of aromatic hydroxyl groups is 1. The van der Waals surface area contributed by atoms with Gasteiger partial charge in [0.15, 0.2) is 0 Å². The van der Waals surface area contributed by atoms with Crippen molar-refractivity contribution in [3.63, 3.8) is 0 Å². The van der Waals surface area contributed by atoms with Crippen molar-refractivity contribution in [2.45, 2.75) is 27.4 Å². The van der Waals surface area contributed by atoms with Crippen LogP contribution in [0.2, 0.25) is 0 Å². The van der Waals surface area contributed by atoms with Gasteiger partial charge in [0.25, 0.3) is 5.91 Å². The van der Waals surface area contributed by atoms with Crippen LogP contribution in [0, 0.1) is 20.8 Å². The fraction of sp³-hybridized carbons (Fsp3) is 0.240. The van der Waals surface area contributed by atoms with E-state index in [1.54, 1.807) is 37.3 Å². The molecule has 0 atom stereocenters. The summed E-state index contributed by atoms with van der Waals surface area (Å²) in [6.07, 6.45) is 1.11. The zero-order valence-corrected chi connectivity index (χ0v) is 20.2. The summed E-state index contributed by atoms with van der Waals surface area (Å²) in [6, 6.07) is 15.5. The summed E-state index contributed by atoms with van der Waals surface area (Å²) in [5.74, 6) is -0.0614. The first-order chi connectivity index (χ1) is 15.5. The van der Waals surface area contributed by atoms with Gasteiger partial charge in [-0.1, -0.05) is 29.8 Å². The third kappa shape index (κ3) is 5.84. The summed E-state index contributed by atoms with van der Waals surface area (Å²) in [5.41, 5.74) is 4.88. The van der Waals surface area contributed by atoms with Crippen LogP contribution in [-0.2, 0) is 16.6 Å². The lowest BCUT2D eigenvalue weighted by Gasteiger charge is -2.21. The second-order valence-electron chi connectivity index (χ2n) is 8.09. The minimum Gasteiger partial charge on any atom is -0.508 e. The molecule has 33 heavy (non-hydrogen) atoms. The average molecular weight is 469 g/mol. The van der Waals surface area contributed by atoms with Gasteiger partial charge in [0, 0.05) is 24.4 Å². The van der Waals surface area contributed by atoms with Crippen LogP contribution in [0.3, 0.4) is 0 Å². The maximum Gasteiger partial charge on any atom is 0.255 e. The van der Waals surface area contributed by atoms with E-state index in [2.05, 4.69) is 5.32 Å². The standard InChI is InChI=1S/C25H28N2O5S/c1-16-6-7-17(2)20(12-16)15-32-24-14-21(10-11-22(24)27(4)33(5,30)31)26-25(29)19-9-8-18(3)23(28)13-19/h6-14,28H,15H2,1-5H3,(H,26,29). The lowest BCUT2D eigenvalue weighted by molar-refractivity contribution is 0.102. The number of nitrogens with zero attached hydrogens (tertiary/aromatic N) is 1. The van der Waals surface area contributed by atoms with Gasteiger partial charge in [-0.25, -0.2) is 8.42 Å². The summed E-state index contributed by atoms with van der Waals surface area (Å²) in [5, 5.41) is 12.7. The van der Waals surface area contributed by atoms with Crippen molar-refractivity contribution < 1.29 is 23.1 Å². The number of phenols is 1. The van der Waals surface area contributed by atoms with Crippen molar-refractivity contribution >= 4 is 27.3 Å². The summed E-state index contributed by atoms with van der Waals surface area (Å²) in [4.78, 5) is 12.7. The van der Waals surface area contributed by atoms with Gasteiger partial charge in [-0.3, -0.25) is 9.10 Å². The molecular weight excluding hydrogens is 440 g/mol. The van der Waals surface area contributed by atoms with E-state index in [9.17, 15) is 18.3 Å². The number of amides is 1. The summed E-state index contributed by atoms with van der Waals surface area (Å²) >= 11 is 0. The van der Waals surface area contributed by atoms with E-state index in [1.165, 1.54) is 13.1 Å². The maximum atomic E-state index is 12.7. The Balaban J connectivity index is 1.92. The van der Waals surface area contributed by atoms with Crippen LogP contribution < -0.4 is 14.4 Å². The number of carbonyl (C=O) groups is 1. The number of ether oxygens (including phenoxy) is 1. The van der Waals surface area contributed by atoms with Crippen molar-refractivity contribution in [2.24, 2.45) is 0 Å². The van der Waals surface area contributed by atoms with Crippen LogP contribution in [0.15, 0.2) is 54.6 Å². The molecule has 0 fully saturated rings. The van der Waals surface area contributed by atoms with E-state index in [-0.39, 0.29) is 12.4 Å². The molecule has 0 saturated carbocycles. The fourth-order valence-corrected chi connectivity index (χ4v) is 3.72. The SMILES string of the molecule is Cc1ccc(C)c(COc2cc(NC(=O)c3ccc(C)c(O)c3)ccc2N(C)S(C)(=O)=O)c1. The van der Waals surface area contributed by atoms with Gasteiger partial charge in [0.1, 0.15) is 18.1 Å². The van der Waals surface area contributed by atoms with Crippen molar-refractivity contribution in [1.82, 2.24) is 0 Å². The number of benzene rings is 3. The summed E-state index contributed by atoms with van der Waals surface area (Å²) < 4.78 is 31.5. The van der Waals surface area contributed by atoms with Crippen LogP contribution in [0.4, 0.5) is 11.4 Å². The first kappa shape index (κ1) is 24.1. The molecule has 7 nitrogen and oxygen atoms in total. The molecule has 0 aliphatic rings. The molecule has 0 spiro atoms. The highest BCUT2D eigenvalue weighted by atomic mass is 32.2.